The molecule has 1 unspecified atom stereocenters. The summed E-state index contributed by atoms with van der Waals surface area (Å²) >= 11 is 5.33. The number of hydrogen-bond donors (Lipinski definition) is 0. The zero-order chi connectivity index (χ0) is 10.6. The van der Waals surface area contributed by atoms with Crippen LogP contribution in [0.25, 0.3) is 0 Å². The van der Waals surface area contributed by atoms with E-state index in [9.17, 15) is 9.59 Å². The van der Waals surface area contributed by atoms with Gasteiger partial charge in [-0.15, -0.1) is 0 Å². The van der Waals surface area contributed by atoms with Crippen LogP contribution in [-0.2, 0) is 14.3 Å². The van der Waals surface area contributed by atoms with Crippen LogP contribution < -0.4 is 0 Å². The monoisotopic (exact) mass is 216 g/mol. The maximum atomic E-state index is 11.6. The molecule has 1 aliphatic rings. The predicted octanol–water partition coefficient (Wildman–Crippen LogP) is 2.04. The summed E-state index contributed by atoms with van der Waals surface area (Å²) in [6.45, 7) is 0. The molecule has 78 valence electrons. The van der Waals surface area contributed by atoms with Gasteiger partial charge in [0.25, 0.3) is 0 Å². The van der Waals surface area contributed by atoms with Gasteiger partial charge >= 0.3 is 5.97 Å². The molecule has 0 aliphatic heterocycles. The Bertz CT molecular complexity index is 273. The Kier molecular flexibility index (Phi) is 3.69. The van der Waals surface area contributed by atoms with Gasteiger partial charge in [0.2, 0.25) is 5.24 Å². The number of carbonyl (C=O) groups excluding carboxylic acids is 2. The quantitative estimate of drug-likeness (QED) is 0.412. The first-order chi connectivity index (χ1) is 6.60. The Hall–Kier alpha value is -0.830. The van der Waals surface area contributed by atoms with E-state index >= 15 is 0 Å². The second-order valence-corrected chi connectivity index (χ2v) is 3.94. The normalized spacial score (nSPS) is 25.9. The molecule has 1 atom stereocenters. The van der Waals surface area contributed by atoms with Gasteiger partial charge in [-0.25, -0.2) is 0 Å². The molecular weight excluding hydrogens is 204 g/mol. The highest BCUT2D eigenvalue weighted by atomic mass is 35.5. The number of methoxy groups -OCH3 is 1. The maximum Gasteiger partial charge on any atom is 0.312 e. The van der Waals surface area contributed by atoms with Crippen molar-refractivity contribution < 1.29 is 14.3 Å². The van der Waals surface area contributed by atoms with Gasteiger partial charge in [0.15, 0.2) is 0 Å². The largest absolute Gasteiger partial charge is 0.469 e. The van der Waals surface area contributed by atoms with Crippen molar-refractivity contribution in [3.05, 3.63) is 12.2 Å². The van der Waals surface area contributed by atoms with Crippen molar-refractivity contribution in [2.24, 2.45) is 5.41 Å². The average molecular weight is 217 g/mol. The van der Waals surface area contributed by atoms with Crippen LogP contribution in [0.4, 0.5) is 0 Å². The molecule has 0 saturated carbocycles. The van der Waals surface area contributed by atoms with Gasteiger partial charge in [-0.05, 0) is 30.9 Å². The van der Waals surface area contributed by atoms with Crippen molar-refractivity contribution in [2.45, 2.75) is 25.7 Å². The van der Waals surface area contributed by atoms with Crippen molar-refractivity contribution in [2.75, 3.05) is 7.11 Å². The first-order valence-corrected chi connectivity index (χ1v) is 4.90. The Balaban J connectivity index is 2.83. The van der Waals surface area contributed by atoms with Crippen LogP contribution in [0.5, 0.6) is 0 Å². The molecule has 0 N–H and O–H groups in total. The Labute approximate surface area is 88.1 Å². The SMILES string of the molecule is COC(=O)C1(CC(=O)Cl)CC=CCC1. The third kappa shape index (κ3) is 2.35. The molecule has 0 radical (unpaired) electrons. The van der Waals surface area contributed by atoms with Gasteiger partial charge in [0, 0.05) is 6.42 Å². The Morgan fingerprint density at radius 1 is 1.50 bits per heavy atom. The van der Waals surface area contributed by atoms with Crippen molar-refractivity contribution >= 4 is 22.8 Å². The lowest BCUT2D eigenvalue weighted by Crippen LogP contribution is -2.34. The highest BCUT2D eigenvalue weighted by Gasteiger charge is 2.40. The highest BCUT2D eigenvalue weighted by molar-refractivity contribution is 6.63. The number of rotatable bonds is 3. The van der Waals surface area contributed by atoms with Crippen LogP contribution in [0, 0.1) is 5.41 Å². The summed E-state index contributed by atoms with van der Waals surface area (Å²) in [5.74, 6) is -0.337. The number of halogens is 1. The van der Waals surface area contributed by atoms with Gasteiger partial charge in [-0.1, -0.05) is 12.2 Å². The first kappa shape index (κ1) is 11.2. The average Bonchev–Trinajstić information content (AvgIpc) is 2.17. The smallest absolute Gasteiger partial charge is 0.312 e. The van der Waals surface area contributed by atoms with E-state index in [1.54, 1.807) is 0 Å². The minimum atomic E-state index is -0.720. The summed E-state index contributed by atoms with van der Waals surface area (Å²) in [6.07, 6.45) is 5.93. The van der Waals surface area contributed by atoms with Crippen LogP contribution in [0.2, 0.25) is 0 Å². The van der Waals surface area contributed by atoms with Gasteiger partial charge in [0.05, 0.1) is 12.5 Å². The number of allylic oxidation sites excluding steroid dienone is 2. The van der Waals surface area contributed by atoms with Gasteiger partial charge < -0.3 is 4.74 Å². The fourth-order valence-electron chi connectivity index (χ4n) is 1.79. The van der Waals surface area contributed by atoms with Crippen LogP contribution in [-0.4, -0.2) is 18.3 Å². The fourth-order valence-corrected chi connectivity index (χ4v) is 2.04. The number of esters is 1. The lowest BCUT2D eigenvalue weighted by molar-refractivity contribution is -0.155. The molecule has 0 fully saturated rings. The van der Waals surface area contributed by atoms with Crippen molar-refractivity contribution in [1.29, 1.82) is 0 Å². The van der Waals surface area contributed by atoms with E-state index in [1.165, 1.54) is 7.11 Å². The third-order valence-corrected chi connectivity index (χ3v) is 2.69. The van der Waals surface area contributed by atoms with Crippen molar-refractivity contribution in [3.63, 3.8) is 0 Å². The van der Waals surface area contributed by atoms with Gasteiger partial charge in [-0.3, -0.25) is 9.59 Å². The molecule has 4 heteroatoms. The highest BCUT2D eigenvalue weighted by Crippen LogP contribution is 2.38. The minimum Gasteiger partial charge on any atom is -0.469 e. The Morgan fingerprint density at radius 3 is 2.64 bits per heavy atom. The molecule has 0 aromatic rings. The summed E-state index contributed by atoms with van der Waals surface area (Å²) in [7, 11) is 1.33. The number of ether oxygens (including phenoxy) is 1. The molecule has 0 heterocycles. The van der Waals surface area contributed by atoms with E-state index in [-0.39, 0.29) is 12.4 Å². The number of hydrogen-bond acceptors (Lipinski definition) is 3. The van der Waals surface area contributed by atoms with Crippen LogP contribution in [0.1, 0.15) is 25.7 Å². The molecule has 14 heavy (non-hydrogen) atoms. The lowest BCUT2D eigenvalue weighted by Gasteiger charge is -2.30. The molecule has 0 aromatic heterocycles. The van der Waals surface area contributed by atoms with E-state index in [1.807, 2.05) is 12.2 Å². The van der Waals surface area contributed by atoms with Crippen LogP contribution in [0.15, 0.2) is 12.2 Å². The summed E-state index contributed by atoms with van der Waals surface area (Å²) in [5.41, 5.74) is -0.720. The van der Waals surface area contributed by atoms with E-state index in [0.29, 0.717) is 12.8 Å². The van der Waals surface area contributed by atoms with Gasteiger partial charge in [-0.2, -0.15) is 0 Å². The minimum absolute atomic E-state index is 0.0611. The molecule has 0 aromatic carbocycles. The van der Waals surface area contributed by atoms with Crippen molar-refractivity contribution in [1.82, 2.24) is 0 Å². The second kappa shape index (κ2) is 4.60. The molecule has 0 spiro atoms. The molecule has 1 aliphatic carbocycles. The maximum absolute atomic E-state index is 11.6. The summed E-state index contributed by atoms with van der Waals surface area (Å²) < 4.78 is 4.71. The first-order valence-electron chi connectivity index (χ1n) is 4.52. The zero-order valence-electron chi connectivity index (χ0n) is 8.09. The molecule has 0 amide bonds. The van der Waals surface area contributed by atoms with Crippen LogP contribution >= 0.6 is 11.6 Å². The molecule has 0 saturated heterocycles. The summed E-state index contributed by atoms with van der Waals surface area (Å²) in [4.78, 5) is 22.4. The van der Waals surface area contributed by atoms with E-state index in [2.05, 4.69) is 0 Å². The van der Waals surface area contributed by atoms with Gasteiger partial charge in [0.1, 0.15) is 0 Å². The summed E-state index contributed by atoms with van der Waals surface area (Å²) in [5, 5.41) is -0.481. The molecule has 0 bridgehead atoms. The van der Waals surface area contributed by atoms with Crippen molar-refractivity contribution in [3.8, 4) is 0 Å². The Morgan fingerprint density at radius 2 is 2.21 bits per heavy atom. The summed E-state index contributed by atoms with van der Waals surface area (Å²) in [6, 6.07) is 0. The topological polar surface area (TPSA) is 43.4 Å². The van der Waals surface area contributed by atoms with E-state index < -0.39 is 10.7 Å². The fraction of sp³-hybridized carbons (Fsp3) is 0.600. The number of carbonyl (C=O) groups is 2. The standard InChI is InChI=1S/C10H13ClO3/c1-14-9(13)10(7-8(11)12)5-3-2-4-6-10/h2-3H,4-7H2,1H3. The predicted molar refractivity (Wildman–Crippen MR) is 52.9 cm³/mol. The lowest BCUT2D eigenvalue weighted by atomic mass is 9.75. The van der Waals surface area contributed by atoms with E-state index in [0.717, 1.165) is 6.42 Å². The second-order valence-electron chi connectivity index (χ2n) is 3.52. The molecular formula is C10H13ClO3. The van der Waals surface area contributed by atoms with E-state index in [4.69, 9.17) is 16.3 Å². The van der Waals surface area contributed by atoms with Crippen LogP contribution in [0.3, 0.4) is 0 Å². The third-order valence-electron chi connectivity index (χ3n) is 2.56. The zero-order valence-corrected chi connectivity index (χ0v) is 8.84. The molecule has 3 nitrogen and oxygen atoms in total. The molecule has 1 rings (SSSR count).